The van der Waals surface area contributed by atoms with Crippen molar-refractivity contribution in [1.82, 2.24) is 15.0 Å². The van der Waals surface area contributed by atoms with Crippen molar-refractivity contribution in [3.05, 3.63) is 10.3 Å². The molecule has 0 atom stereocenters. The maximum atomic E-state index is 11.0. The van der Waals surface area contributed by atoms with Crippen molar-refractivity contribution in [2.75, 3.05) is 31.2 Å². The quantitative estimate of drug-likeness (QED) is 0.836. The second kappa shape index (κ2) is 4.87. The molecule has 3 heterocycles. The molecule has 0 aliphatic carbocycles. The maximum absolute atomic E-state index is 11.0. The van der Waals surface area contributed by atoms with E-state index in [2.05, 4.69) is 15.0 Å². The molecule has 1 aliphatic rings. The van der Waals surface area contributed by atoms with E-state index in [9.17, 15) is 4.79 Å². The number of thiazole rings is 1. The number of anilines is 1. The Balaban J connectivity index is 2.13. The van der Waals surface area contributed by atoms with Crippen molar-refractivity contribution >= 4 is 45.1 Å². The first-order valence-corrected chi connectivity index (χ1v) is 6.74. The number of carboxylic acids is 1. The van der Waals surface area contributed by atoms with Gasteiger partial charge in [0, 0.05) is 13.1 Å². The van der Waals surface area contributed by atoms with Gasteiger partial charge < -0.3 is 14.7 Å². The summed E-state index contributed by atoms with van der Waals surface area (Å²) in [7, 11) is 0. The summed E-state index contributed by atoms with van der Waals surface area (Å²) in [4.78, 5) is 25.7. The molecule has 7 nitrogen and oxygen atoms in total. The van der Waals surface area contributed by atoms with Crippen LogP contribution in [-0.4, -0.2) is 52.3 Å². The molecular weight excluding hydrogens is 292 g/mol. The number of fused-ring (bicyclic) bond motifs is 1. The van der Waals surface area contributed by atoms with E-state index in [0.717, 1.165) is 11.3 Å². The predicted octanol–water partition coefficient (Wildman–Crippen LogP) is 1.27. The normalized spacial score (nSPS) is 15.9. The Morgan fingerprint density at radius 3 is 2.74 bits per heavy atom. The number of aromatic nitrogens is 3. The molecule has 0 amide bonds. The van der Waals surface area contributed by atoms with Crippen molar-refractivity contribution in [1.29, 1.82) is 0 Å². The first-order chi connectivity index (χ1) is 9.15. The molecule has 1 fully saturated rings. The Bertz CT molecular complexity index is 641. The Kier molecular flexibility index (Phi) is 3.21. The zero-order valence-corrected chi connectivity index (χ0v) is 11.2. The van der Waals surface area contributed by atoms with E-state index in [4.69, 9.17) is 21.4 Å². The van der Waals surface area contributed by atoms with Crippen LogP contribution in [0, 0.1) is 0 Å². The summed E-state index contributed by atoms with van der Waals surface area (Å²) in [5.41, 5.74) is 0.480. The van der Waals surface area contributed by atoms with Crippen LogP contribution in [0.15, 0.2) is 0 Å². The summed E-state index contributed by atoms with van der Waals surface area (Å²) in [6.07, 6.45) is 0. The van der Waals surface area contributed by atoms with Crippen molar-refractivity contribution < 1.29 is 14.6 Å². The van der Waals surface area contributed by atoms with Gasteiger partial charge in [-0.15, -0.1) is 0 Å². The van der Waals surface area contributed by atoms with Crippen LogP contribution in [0.5, 0.6) is 0 Å². The van der Waals surface area contributed by atoms with E-state index < -0.39 is 5.97 Å². The number of hydrogen-bond donors (Lipinski definition) is 1. The third kappa shape index (κ3) is 2.34. The van der Waals surface area contributed by atoms with E-state index in [-0.39, 0.29) is 10.3 Å². The molecule has 100 valence electrons. The van der Waals surface area contributed by atoms with Crippen molar-refractivity contribution in [3.8, 4) is 0 Å². The summed E-state index contributed by atoms with van der Waals surface area (Å²) in [6.45, 7) is 2.53. The lowest BCUT2D eigenvalue weighted by atomic mass is 10.4. The maximum Gasteiger partial charge on any atom is 0.365 e. The van der Waals surface area contributed by atoms with Gasteiger partial charge in [-0.25, -0.2) is 14.8 Å². The van der Waals surface area contributed by atoms with Gasteiger partial charge in [-0.1, -0.05) is 11.3 Å². The summed E-state index contributed by atoms with van der Waals surface area (Å²) in [5, 5.41) is 9.07. The summed E-state index contributed by atoms with van der Waals surface area (Å²) >= 11 is 6.88. The number of hydrogen-bond acceptors (Lipinski definition) is 7. The van der Waals surface area contributed by atoms with Crippen LogP contribution >= 0.6 is 22.9 Å². The number of carbonyl (C=O) groups is 1. The fraction of sp³-hybridized carbons (Fsp3) is 0.400. The molecule has 0 bridgehead atoms. The molecule has 9 heteroatoms. The SMILES string of the molecule is O=C(O)c1nc2c(N3CCOCC3)nc(Cl)nc2s1. The van der Waals surface area contributed by atoms with Gasteiger partial charge in [0.05, 0.1) is 13.2 Å². The molecule has 0 aromatic carbocycles. The number of aromatic carboxylic acids is 1. The summed E-state index contributed by atoms with van der Waals surface area (Å²) in [5.74, 6) is -0.505. The second-order valence-corrected chi connectivity index (χ2v) is 5.21. The lowest BCUT2D eigenvalue weighted by Crippen LogP contribution is -2.37. The van der Waals surface area contributed by atoms with Gasteiger partial charge in [0.2, 0.25) is 10.3 Å². The van der Waals surface area contributed by atoms with Crippen molar-refractivity contribution in [2.24, 2.45) is 0 Å². The highest BCUT2D eigenvalue weighted by Gasteiger charge is 2.21. The summed E-state index contributed by atoms with van der Waals surface area (Å²) in [6, 6.07) is 0. The van der Waals surface area contributed by atoms with Gasteiger partial charge in [-0.3, -0.25) is 0 Å². The zero-order chi connectivity index (χ0) is 13.4. The molecule has 2 aromatic heterocycles. The molecule has 1 saturated heterocycles. The Morgan fingerprint density at radius 2 is 2.05 bits per heavy atom. The van der Waals surface area contributed by atoms with Crippen LogP contribution in [0.1, 0.15) is 9.80 Å². The molecule has 1 aliphatic heterocycles. The number of nitrogens with zero attached hydrogens (tertiary/aromatic N) is 4. The standard InChI is InChI=1S/C10H9ClN4O3S/c11-10-13-6(15-1-3-18-4-2-15)5-7(14-10)19-8(12-5)9(16)17/h1-4H2,(H,16,17). The molecule has 2 aromatic rings. The number of rotatable bonds is 2. The first kappa shape index (κ1) is 12.5. The highest BCUT2D eigenvalue weighted by molar-refractivity contribution is 7.19. The third-order valence-corrected chi connectivity index (χ3v) is 3.81. The van der Waals surface area contributed by atoms with Crippen molar-refractivity contribution in [2.45, 2.75) is 0 Å². The largest absolute Gasteiger partial charge is 0.476 e. The molecule has 0 radical (unpaired) electrons. The van der Waals surface area contributed by atoms with Crippen LogP contribution in [0.25, 0.3) is 10.3 Å². The van der Waals surface area contributed by atoms with E-state index in [1.165, 1.54) is 0 Å². The van der Waals surface area contributed by atoms with Crippen LogP contribution in [0.3, 0.4) is 0 Å². The zero-order valence-electron chi connectivity index (χ0n) is 9.67. The van der Waals surface area contributed by atoms with Gasteiger partial charge >= 0.3 is 5.97 Å². The van der Waals surface area contributed by atoms with Gasteiger partial charge in [0.15, 0.2) is 10.6 Å². The topological polar surface area (TPSA) is 88.4 Å². The van der Waals surface area contributed by atoms with E-state index in [0.29, 0.717) is 42.5 Å². The molecule has 0 spiro atoms. The van der Waals surface area contributed by atoms with Crippen LogP contribution < -0.4 is 4.90 Å². The first-order valence-electron chi connectivity index (χ1n) is 5.55. The van der Waals surface area contributed by atoms with Gasteiger partial charge in [0.1, 0.15) is 5.52 Å². The highest BCUT2D eigenvalue weighted by Crippen LogP contribution is 2.29. The lowest BCUT2D eigenvalue weighted by molar-refractivity contribution is 0.0696. The Morgan fingerprint density at radius 1 is 1.32 bits per heavy atom. The van der Waals surface area contributed by atoms with Crippen LogP contribution in [0.4, 0.5) is 5.82 Å². The van der Waals surface area contributed by atoms with Gasteiger partial charge in [-0.05, 0) is 11.6 Å². The molecular formula is C10H9ClN4O3S. The van der Waals surface area contributed by atoms with Crippen LogP contribution in [-0.2, 0) is 4.74 Å². The minimum Gasteiger partial charge on any atom is -0.476 e. The van der Waals surface area contributed by atoms with Crippen molar-refractivity contribution in [3.63, 3.8) is 0 Å². The van der Waals surface area contributed by atoms with E-state index >= 15 is 0 Å². The molecule has 1 N–H and O–H groups in total. The smallest absolute Gasteiger partial charge is 0.365 e. The fourth-order valence-corrected chi connectivity index (χ4v) is 2.86. The van der Waals surface area contributed by atoms with E-state index in [1.54, 1.807) is 0 Å². The molecule has 0 saturated carbocycles. The van der Waals surface area contributed by atoms with E-state index in [1.807, 2.05) is 4.90 Å². The molecule has 3 rings (SSSR count). The van der Waals surface area contributed by atoms with Crippen LogP contribution in [0.2, 0.25) is 5.28 Å². The Hall–Kier alpha value is -1.51. The average Bonchev–Trinajstić information content (AvgIpc) is 2.82. The van der Waals surface area contributed by atoms with Gasteiger partial charge in [0.25, 0.3) is 0 Å². The lowest BCUT2D eigenvalue weighted by Gasteiger charge is -2.27. The van der Waals surface area contributed by atoms with Gasteiger partial charge in [-0.2, -0.15) is 4.98 Å². The fourth-order valence-electron chi connectivity index (χ4n) is 1.87. The summed E-state index contributed by atoms with van der Waals surface area (Å²) < 4.78 is 5.28. The Labute approximate surface area is 116 Å². The minimum absolute atomic E-state index is 0.0129. The minimum atomic E-state index is -1.08. The number of morpholine rings is 1. The third-order valence-electron chi connectivity index (χ3n) is 2.71. The second-order valence-electron chi connectivity index (χ2n) is 3.89. The number of halogens is 1. The molecule has 19 heavy (non-hydrogen) atoms. The predicted molar refractivity (Wildman–Crippen MR) is 70.2 cm³/mol. The number of ether oxygens (including phenoxy) is 1. The molecule has 0 unspecified atom stereocenters. The highest BCUT2D eigenvalue weighted by atomic mass is 35.5. The number of carboxylic acid groups (broad SMARTS) is 1. The monoisotopic (exact) mass is 300 g/mol. The average molecular weight is 301 g/mol.